The number of amides is 1. The monoisotopic (exact) mass is 329 g/mol. The van der Waals surface area contributed by atoms with Gasteiger partial charge in [0.15, 0.2) is 0 Å². The maximum absolute atomic E-state index is 12.5. The van der Waals surface area contributed by atoms with Crippen molar-refractivity contribution in [1.29, 1.82) is 0 Å². The summed E-state index contributed by atoms with van der Waals surface area (Å²) in [5.74, 6) is 0.790. The third-order valence-corrected chi connectivity index (χ3v) is 4.60. The Bertz CT molecular complexity index is 589. The summed E-state index contributed by atoms with van der Waals surface area (Å²) < 4.78 is 6.06. The maximum atomic E-state index is 12.5. The number of carbonyl (C=O) groups is 1. The topological polar surface area (TPSA) is 62.4 Å². The first-order chi connectivity index (χ1) is 11.7. The van der Waals surface area contributed by atoms with Crippen molar-refractivity contribution in [3.8, 4) is 0 Å². The van der Waals surface area contributed by atoms with Crippen LogP contribution in [0.3, 0.4) is 0 Å². The highest BCUT2D eigenvalue weighted by molar-refractivity contribution is 5.80. The van der Waals surface area contributed by atoms with Crippen LogP contribution in [0.2, 0.25) is 0 Å². The molecular weight excluding hydrogens is 302 g/mol. The Labute approximate surface area is 143 Å². The van der Waals surface area contributed by atoms with Crippen LogP contribution in [0.4, 0.5) is 0 Å². The minimum Gasteiger partial charge on any atom is -0.386 e. The SMILES string of the molecule is CC1=CC(OCC2=CC=CCC2)CC(C(=O)NC2=CNCCN2)C1. The second kappa shape index (κ2) is 8.20. The Balaban J connectivity index is 1.53. The molecule has 5 heteroatoms. The number of hydrogen-bond acceptors (Lipinski definition) is 4. The molecule has 0 saturated heterocycles. The van der Waals surface area contributed by atoms with Gasteiger partial charge in [-0.25, -0.2) is 0 Å². The lowest BCUT2D eigenvalue weighted by Crippen LogP contribution is -2.42. The Morgan fingerprint density at radius 1 is 1.42 bits per heavy atom. The molecule has 24 heavy (non-hydrogen) atoms. The van der Waals surface area contributed by atoms with Gasteiger partial charge in [0.2, 0.25) is 5.91 Å². The van der Waals surface area contributed by atoms with Crippen LogP contribution in [-0.2, 0) is 9.53 Å². The van der Waals surface area contributed by atoms with Crippen molar-refractivity contribution >= 4 is 5.91 Å². The van der Waals surface area contributed by atoms with E-state index in [9.17, 15) is 4.79 Å². The molecular formula is C19H27N3O2. The molecule has 3 aliphatic rings. The van der Waals surface area contributed by atoms with Crippen molar-refractivity contribution in [2.45, 2.75) is 38.7 Å². The van der Waals surface area contributed by atoms with Crippen molar-refractivity contribution in [2.75, 3.05) is 19.7 Å². The van der Waals surface area contributed by atoms with E-state index in [1.807, 2.05) is 6.20 Å². The second-order valence-corrected chi connectivity index (χ2v) is 6.72. The highest BCUT2D eigenvalue weighted by Crippen LogP contribution is 2.27. The number of nitrogens with one attached hydrogen (secondary N) is 3. The van der Waals surface area contributed by atoms with E-state index in [0.29, 0.717) is 6.61 Å². The van der Waals surface area contributed by atoms with E-state index in [-0.39, 0.29) is 17.9 Å². The third kappa shape index (κ3) is 4.74. The van der Waals surface area contributed by atoms with Gasteiger partial charge >= 0.3 is 0 Å². The zero-order valence-corrected chi connectivity index (χ0v) is 14.3. The Morgan fingerprint density at radius 3 is 3.08 bits per heavy atom. The lowest BCUT2D eigenvalue weighted by Gasteiger charge is -2.28. The number of rotatable bonds is 5. The average molecular weight is 329 g/mol. The van der Waals surface area contributed by atoms with Gasteiger partial charge in [0.05, 0.1) is 12.7 Å². The molecule has 2 aliphatic carbocycles. The third-order valence-electron chi connectivity index (χ3n) is 4.60. The number of ether oxygens (including phenoxy) is 1. The summed E-state index contributed by atoms with van der Waals surface area (Å²) in [7, 11) is 0. The van der Waals surface area contributed by atoms with Crippen LogP contribution in [0, 0.1) is 5.92 Å². The van der Waals surface area contributed by atoms with Gasteiger partial charge < -0.3 is 20.7 Å². The zero-order valence-electron chi connectivity index (χ0n) is 14.3. The first-order valence-electron chi connectivity index (χ1n) is 8.82. The van der Waals surface area contributed by atoms with Crippen LogP contribution in [0.15, 0.2) is 47.5 Å². The Kier molecular flexibility index (Phi) is 5.75. The first kappa shape index (κ1) is 16.8. The second-order valence-electron chi connectivity index (χ2n) is 6.72. The van der Waals surface area contributed by atoms with E-state index < -0.39 is 0 Å². The summed E-state index contributed by atoms with van der Waals surface area (Å²) in [5.41, 5.74) is 2.56. The number of hydrogen-bond donors (Lipinski definition) is 3. The molecule has 2 atom stereocenters. The molecule has 1 heterocycles. The van der Waals surface area contributed by atoms with Gasteiger partial charge in [0.25, 0.3) is 0 Å². The molecule has 0 spiro atoms. The molecule has 5 nitrogen and oxygen atoms in total. The fraction of sp³-hybridized carbons (Fsp3) is 0.526. The van der Waals surface area contributed by atoms with Gasteiger partial charge in [-0.05, 0) is 38.2 Å². The van der Waals surface area contributed by atoms with Gasteiger partial charge in [0, 0.05) is 25.2 Å². The fourth-order valence-electron chi connectivity index (χ4n) is 3.32. The smallest absolute Gasteiger partial charge is 0.229 e. The minimum absolute atomic E-state index is 0.0210. The number of carbonyl (C=O) groups excluding carboxylic acids is 1. The van der Waals surface area contributed by atoms with Crippen molar-refractivity contribution in [2.24, 2.45) is 5.92 Å². The molecule has 3 N–H and O–H groups in total. The largest absolute Gasteiger partial charge is 0.386 e. The van der Waals surface area contributed by atoms with Crippen LogP contribution in [0.25, 0.3) is 0 Å². The lowest BCUT2D eigenvalue weighted by atomic mass is 9.87. The van der Waals surface area contributed by atoms with Crippen molar-refractivity contribution in [1.82, 2.24) is 16.0 Å². The van der Waals surface area contributed by atoms with Crippen molar-refractivity contribution < 1.29 is 9.53 Å². The summed E-state index contributed by atoms with van der Waals surface area (Å²) in [4.78, 5) is 12.5. The van der Waals surface area contributed by atoms with E-state index in [1.165, 1.54) is 11.1 Å². The van der Waals surface area contributed by atoms with E-state index in [1.54, 1.807) is 0 Å². The standard InChI is InChI=1S/C19H27N3O2/c1-14-9-16(19(23)22-18-12-20-7-8-21-18)11-17(10-14)24-13-15-5-3-2-4-6-15/h2-3,5,10,12,16-17,20-21H,4,6-9,11,13H2,1H3,(H,22,23). The average Bonchev–Trinajstić information content (AvgIpc) is 2.61. The van der Waals surface area contributed by atoms with E-state index >= 15 is 0 Å². The van der Waals surface area contributed by atoms with Gasteiger partial charge in [-0.15, -0.1) is 0 Å². The van der Waals surface area contributed by atoms with Crippen LogP contribution < -0.4 is 16.0 Å². The molecule has 1 amide bonds. The van der Waals surface area contributed by atoms with Crippen LogP contribution in [0.5, 0.6) is 0 Å². The molecule has 0 aromatic heterocycles. The van der Waals surface area contributed by atoms with Gasteiger partial charge in [-0.2, -0.15) is 0 Å². The molecule has 3 rings (SSSR count). The highest BCUT2D eigenvalue weighted by atomic mass is 16.5. The minimum atomic E-state index is -0.0372. The molecule has 0 aromatic carbocycles. The molecule has 1 aliphatic heterocycles. The quantitative estimate of drug-likeness (QED) is 0.676. The van der Waals surface area contributed by atoms with Crippen molar-refractivity contribution in [3.05, 3.63) is 47.5 Å². The summed E-state index contributed by atoms with van der Waals surface area (Å²) >= 11 is 0. The summed E-state index contributed by atoms with van der Waals surface area (Å²) in [6.45, 7) is 4.44. The van der Waals surface area contributed by atoms with Crippen LogP contribution >= 0.6 is 0 Å². The van der Waals surface area contributed by atoms with E-state index in [0.717, 1.165) is 44.6 Å². The van der Waals surface area contributed by atoms with Gasteiger partial charge in [-0.1, -0.05) is 29.9 Å². The normalized spacial score (nSPS) is 26.5. The predicted molar refractivity (Wildman–Crippen MR) is 94.9 cm³/mol. The molecule has 0 radical (unpaired) electrons. The Hall–Kier alpha value is -2.01. The highest BCUT2D eigenvalue weighted by Gasteiger charge is 2.27. The van der Waals surface area contributed by atoms with Crippen LogP contribution in [-0.4, -0.2) is 31.7 Å². The number of allylic oxidation sites excluding steroid dienone is 4. The molecule has 0 bridgehead atoms. The molecule has 0 aromatic rings. The fourth-order valence-corrected chi connectivity index (χ4v) is 3.32. The van der Waals surface area contributed by atoms with E-state index in [2.05, 4.69) is 47.2 Å². The van der Waals surface area contributed by atoms with Crippen molar-refractivity contribution in [3.63, 3.8) is 0 Å². The molecule has 0 saturated carbocycles. The lowest BCUT2D eigenvalue weighted by molar-refractivity contribution is -0.125. The first-order valence-corrected chi connectivity index (χ1v) is 8.82. The van der Waals surface area contributed by atoms with Gasteiger partial charge in [0.1, 0.15) is 5.82 Å². The summed E-state index contributed by atoms with van der Waals surface area (Å²) in [6, 6.07) is 0. The predicted octanol–water partition coefficient (Wildman–Crippen LogP) is 2.11. The zero-order chi connectivity index (χ0) is 16.8. The summed E-state index contributed by atoms with van der Waals surface area (Å²) in [5, 5.41) is 9.30. The van der Waals surface area contributed by atoms with Gasteiger partial charge in [-0.3, -0.25) is 4.79 Å². The molecule has 130 valence electrons. The van der Waals surface area contributed by atoms with E-state index in [4.69, 9.17) is 4.74 Å². The van der Waals surface area contributed by atoms with Crippen LogP contribution in [0.1, 0.15) is 32.6 Å². The molecule has 2 unspecified atom stereocenters. The Morgan fingerprint density at radius 2 is 2.33 bits per heavy atom. The maximum Gasteiger partial charge on any atom is 0.229 e. The summed E-state index contributed by atoms with van der Waals surface area (Å²) in [6.07, 6.45) is 14.1. The molecule has 0 fully saturated rings.